The van der Waals surface area contributed by atoms with E-state index in [9.17, 15) is 4.79 Å². The molecule has 0 bridgehead atoms. The zero-order valence-electron chi connectivity index (χ0n) is 17.6. The lowest BCUT2D eigenvalue weighted by Gasteiger charge is -2.15. The van der Waals surface area contributed by atoms with Crippen molar-refractivity contribution in [2.75, 3.05) is 0 Å². The second-order valence-corrected chi connectivity index (χ2v) is 8.54. The van der Waals surface area contributed by atoms with Crippen molar-refractivity contribution in [3.05, 3.63) is 95.6 Å². The molecule has 0 fully saturated rings. The summed E-state index contributed by atoms with van der Waals surface area (Å²) >= 11 is 7.49. The fraction of sp³-hybridized carbons (Fsp3) is 0.120. The van der Waals surface area contributed by atoms with E-state index in [1.54, 1.807) is 23.7 Å². The van der Waals surface area contributed by atoms with Gasteiger partial charge in [0.1, 0.15) is 5.75 Å². The van der Waals surface area contributed by atoms with E-state index in [-0.39, 0.29) is 0 Å². The summed E-state index contributed by atoms with van der Waals surface area (Å²) in [5, 5.41) is 5.30. The Morgan fingerprint density at radius 1 is 0.969 bits per heavy atom. The van der Waals surface area contributed by atoms with Gasteiger partial charge in [-0.15, -0.1) is 0 Å². The number of halogens is 1. The van der Waals surface area contributed by atoms with E-state index in [0.29, 0.717) is 16.7 Å². The first kappa shape index (κ1) is 22.0. The zero-order chi connectivity index (χ0) is 22.5. The number of carbonyl (C=O) groups excluding carboxylic acids is 1. The number of esters is 1. The Bertz CT molecular complexity index is 1200. The molecule has 32 heavy (non-hydrogen) atoms. The smallest absolute Gasteiger partial charge is 0.353 e. The third kappa shape index (κ3) is 5.15. The molecule has 1 unspecified atom stereocenters. The average Bonchev–Trinajstić information content (AvgIpc) is 3.11. The number of aryl methyl sites for hydroxylation is 1. The van der Waals surface area contributed by atoms with Gasteiger partial charge in [-0.05, 0) is 62.4 Å². The van der Waals surface area contributed by atoms with Gasteiger partial charge in [-0.3, -0.25) is 0 Å². The van der Waals surface area contributed by atoms with E-state index in [4.69, 9.17) is 21.1 Å². The number of carbonyl (C=O) groups is 1. The minimum absolute atomic E-state index is 0.349. The Balaban J connectivity index is 1.66. The van der Waals surface area contributed by atoms with E-state index in [1.165, 1.54) is 11.8 Å². The lowest BCUT2D eigenvalue weighted by molar-refractivity contribution is -0.142. The van der Waals surface area contributed by atoms with E-state index in [2.05, 4.69) is 5.10 Å². The molecule has 7 heteroatoms. The third-order valence-corrected chi connectivity index (χ3v) is 6.02. The Morgan fingerprint density at radius 2 is 1.59 bits per heavy atom. The number of rotatable bonds is 7. The number of aromatic nitrogens is 2. The summed E-state index contributed by atoms with van der Waals surface area (Å²) in [6.07, 6.45) is -0.801. The van der Waals surface area contributed by atoms with Gasteiger partial charge in [0.05, 0.1) is 16.3 Å². The molecule has 0 aliphatic heterocycles. The molecule has 3 aromatic carbocycles. The Hall–Kier alpha value is -3.22. The number of nitrogens with zero attached hydrogens (tertiary/aromatic N) is 2. The SMILES string of the molecule is Cc1nn(-c2ccccc2)c(OC(=O)C(C)Oc2ccccc2)c1Sc1ccc(Cl)cc1. The van der Waals surface area contributed by atoms with Gasteiger partial charge in [-0.1, -0.05) is 59.8 Å². The quantitative estimate of drug-likeness (QED) is 0.298. The normalized spacial score (nSPS) is 11.7. The predicted molar refractivity (Wildman–Crippen MR) is 126 cm³/mol. The third-order valence-electron chi connectivity index (χ3n) is 4.58. The second kappa shape index (κ2) is 9.94. The molecule has 0 spiro atoms. The zero-order valence-corrected chi connectivity index (χ0v) is 19.1. The van der Waals surface area contributed by atoms with Crippen LogP contribution in [0, 0.1) is 6.92 Å². The number of para-hydroxylation sites is 2. The Morgan fingerprint density at radius 3 is 2.25 bits per heavy atom. The van der Waals surface area contributed by atoms with E-state index < -0.39 is 12.1 Å². The van der Waals surface area contributed by atoms with Crippen molar-refractivity contribution in [3.8, 4) is 17.3 Å². The molecule has 0 N–H and O–H groups in total. The van der Waals surface area contributed by atoms with Gasteiger partial charge in [0.2, 0.25) is 5.88 Å². The average molecular weight is 465 g/mol. The molecule has 1 aromatic heterocycles. The number of benzene rings is 3. The minimum Gasteiger partial charge on any atom is -0.479 e. The van der Waals surface area contributed by atoms with Gasteiger partial charge in [0.15, 0.2) is 6.10 Å². The van der Waals surface area contributed by atoms with Gasteiger partial charge in [-0.2, -0.15) is 9.78 Å². The van der Waals surface area contributed by atoms with Crippen molar-refractivity contribution in [2.24, 2.45) is 0 Å². The fourth-order valence-electron chi connectivity index (χ4n) is 2.99. The van der Waals surface area contributed by atoms with Gasteiger partial charge in [0, 0.05) is 9.92 Å². The maximum atomic E-state index is 12.9. The molecule has 0 saturated heterocycles. The van der Waals surface area contributed by atoms with Crippen LogP contribution in [0.25, 0.3) is 5.69 Å². The summed E-state index contributed by atoms with van der Waals surface area (Å²) < 4.78 is 13.3. The summed E-state index contributed by atoms with van der Waals surface area (Å²) in [5.41, 5.74) is 1.53. The van der Waals surface area contributed by atoms with Crippen LogP contribution in [-0.2, 0) is 4.79 Å². The maximum Gasteiger partial charge on any atom is 0.353 e. The van der Waals surface area contributed by atoms with Crippen LogP contribution >= 0.6 is 23.4 Å². The van der Waals surface area contributed by atoms with Crippen molar-refractivity contribution in [1.29, 1.82) is 0 Å². The van der Waals surface area contributed by atoms with Crippen LogP contribution < -0.4 is 9.47 Å². The molecule has 0 amide bonds. The molecule has 4 aromatic rings. The van der Waals surface area contributed by atoms with Crippen LogP contribution in [-0.4, -0.2) is 21.9 Å². The molecular weight excluding hydrogens is 444 g/mol. The molecule has 5 nitrogen and oxygen atoms in total. The van der Waals surface area contributed by atoms with E-state index >= 15 is 0 Å². The fourth-order valence-corrected chi connectivity index (χ4v) is 4.03. The minimum atomic E-state index is -0.801. The summed E-state index contributed by atoms with van der Waals surface area (Å²) in [6.45, 7) is 3.55. The number of hydrogen-bond acceptors (Lipinski definition) is 5. The highest BCUT2D eigenvalue weighted by atomic mass is 35.5. The van der Waals surface area contributed by atoms with Crippen LogP contribution in [0.5, 0.6) is 11.6 Å². The number of ether oxygens (including phenoxy) is 2. The topological polar surface area (TPSA) is 53.4 Å². The molecule has 1 atom stereocenters. The summed E-state index contributed by atoms with van der Waals surface area (Å²) in [6, 6.07) is 26.2. The van der Waals surface area contributed by atoms with Crippen LogP contribution in [0.15, 0.2) is 94.7 Å². The largest absolute Gasteiger partial charge is 0.479 e. The lowest BCUT2D eigenvalue weighted by atomic mass is 10.3. The summed E-state index contributed by atoms with van der Waals surface area (Å²) in [5.74, 6) is 0.437. The molecule has 0 radical (unpaired) electrons. The maximum absolute atomic E-state index is 12.9. The molecule has 0 aliphatic carbocycles. The van der Waals surface area contributed by atoms with Crippen molar-refractivity contribution in [3.63, 3.8) is 0 Å². The standard InChI is InChI=1S/C25H21ClN2O3S/c1-17-23(32-22-15-13-19(26)14-16-22)24(28(27-17)20-9-5-3-6-10-20)31-25(29)18(2)30-21-11-7-4-8-12-21/h3-16,18H,1-2H3. The van der Waals surface area contributed by atoms with Crippen LogP contribution in [0.2, 0.25) is 5.02 Å². The van der Waals surface area contributed by atoms with Crippen LogP contribution in [0.3, 0.4) is 0 Å². The van der Waals surface area contributed by atoms with Crippen molar-refractivity contribution < 1.29 is 14.3 Å². The highest BCUT2D eigenvalue weighted by Crippen LogP contribution is 2.39. The van der Waals surface area contributed by atoms with Gasteiger partial charge in [-0.25, -0.2) is 4.79 Å². The van der Waals surface area contributed by atoms with Crippen LogP contribution in [0.1, 0.15) is 12.6 Å². The molecule has 0 saturated carbocycles. The highest BCUT2D eigenvalue weighted by molar-refractivity contribution is 7.99. The molecule has 0 aliphatic rings. The van der Waals surface area contributed by atoms with E-state index in [0.717, 1.165) is 21.2 Å². The first-order valence-electron chi connectivity index (χ1n) is 10.0. The summed E-state index contributed by atoms with van der Waals surface area (Å²) in [7, 11) is 0. The first-order valence-corrected chi connectivity index (χ1v) is 11.2. The molecule has 1 heterocycles. The van der Waals surface area contributed by atoms with Gasteiger partial charge < -0.3 is 9.47 Å². The Kier molecular flexibility index (Phi) is 6.83. The molecular formula is C25H21ClN2O3S. The Labute approximate surface area is 195 Å². The van der Waals surface area contributed by atoms with E-state index in [1.807, 2.05) is 79.7 Å². The molecule has 4 rings (SSSR count). The molecule has 162 valence electrons. The predicted octanol–water partition coefficient (Wildman–Crippen LogP) is 6.36. The van der Waals surface area contributed by atoms with Gasteiger partial charge in [0.25, 0.3) is 0 Å². The summed E-state index contributed by atoms with van der Waals surface area (Å²) in [4.78, 5) is 14.6. The number of hydrogen-bond donors (Lipinski definition) is 0. The van der Waals surface area contributed by atoms with Crippen LogP contribution in [0.4, 0.5) is 0 Å². The van der Waals surface area contributed by atoms with Crippen molar-refractivity contribution in [1.82, 2.24) is 9.78 Å². The second-order valence-electron chi connectivity index (χ2n) is 7.02. The monoisotopic (exact) mass is 464 g/mol. The van der Waals surface area contributed by atoms with Crippen molar-refractivity contribution >= 4 is 29.3 Å². The highest BCUT2D eigenvalue weighted by Gasteiger charge is 2.25. The lowest BCUT2D eigenvalue weighted by Crippen LogP contribution is -2.29. The first-order chi connectivity index (χ1) is 15.5. The van der Waals surface area contributed by atoms with Crippen molar-refractivity contribution in [2.45, 2.75) is 29.7 Å². The van der Waals surface area contributed by atoms with Gasteiger partial charge >= 0.3 is 5.97 Å².